The fraction of sp³-hybridized carbons (Fsp3) is 0.650. The van der Waals surface area contributed by atoms with Crippen molar-refractivity contribution in [2.45, 2.75) is 58.2 Å². The molecule has 0 bridgehead atoms. The van der Waals surface area contributed by atoms with Gasteiger partial charge in [0.25, 0.3) is 0 Å². The Hall–Kier alpha value is -1.35. The van der Waals surface area contributed by atoms with Crippen LogP contribution in [0.1, 0.15) is 46.5 Å². The van der Waals surface area contributed by atoms with E-state index in [1.165, 1.54) is 5.57 Å². The van der Waals surface area contributed by atoms with Crippen molar-refractivity contribution >= 4 is 5.97 Å². The molecule has 3 rings (SSSR count). The van der Waals surface area contributed by atoms with E-state index in [0.29, 0.717) is 18.6 Å². The number of hydrogen-bond acceptors (Lipinski definition) is 3. The van der Waals surface area contributed by atoms with Gasteiger partial charge in [-0.25, -0.2) is 4.79 Å². The molecule has 4 atom stereocenters. The van der Waals surface area contributed by atoms with E-state index in [1.807, 2.05) is 12.2 Å². The van der Waals surface area contributed by atoms with Crippen LogP contribution in [0.25, 0.3) is 0 Å². The number of cyclic esters (lactones) is 1. The van der Waals surface area contributed by atoms with Crippen LogP contribution >= 0.6 is 0 Å². The van der Waals surface area contributed by atoms with Gasteiger partial charge >= 0.3 is 5.97 Å². The van der Waals surface area contributed by atoms with Gasteiger partial charge in [-0.1, -0.05) is 44.2 Å². The van der Waals surface area contributed by atoms with Crippen molar-refractivity contribution in [3.8, 4) is 0 Å². The fourth-order valence-corrected chi connectivity index (χ4v) is 3.88. The summed E-state index contributed by atoms with van der Waals surface area (Å²) in [6, 6.07) is 0. The lowest BCUT2D eigenvalue weighted by Crippen LogP contribution is -2.34. The first-order chi connectivity index (χ1) is 10.9. The largest absolute Gasteiger partial charge is 0.462 e. The molecule has 3 aliphatic rings. The van der Waals surface area contributed by atoms with E-state index in [-0.39, 0.29) is 23.4 Å². The van der Waals surface area contributed by atoms with E-state index in [2.05, 4.69) is 33.4 Å². The molecule has 126 valence electrons. The van der Waals surface area contributed by atoms with Gasteiger partial charge in [0.1, 0.15) is 0 Å². The summed E-state index contributed by atoms with van der Waals surface area (Å²) < 4.78 is 11.3. The number of epoxide rings is 1. The summed E-state index contributed by atoms with van der Waals surface area (Å²) in [6.07, 6.45) is 10.4. The molecule has 3 heteroatoms. The molecular formula is C20H28O3. The highest BCUT2D eigenvalue weighted by Gasteiger charge is 2.53. The van der Waals surface area contributed by atoms with E-state index < -0.39 is 0 Å². The second-order valence-corrected chi connectivity index (χ2v) is 7.72. The molecule has 2 saturated heterocycles. The highest BCUT2D eigenvalue weighted by molar-refractivity contribution is 5.90. The maximum absolute atomic E-state index is 12.3. The predicted molar refractivity (Wildman–Crippen MR) is 90.9 cm³/mol. The molecular weight excluding hydrogens is 288 g/mol. The minimum Gasteiger partial charge on any atom is -0.462 e. The van der Waals surface area contributed by atoms with Crippen LogP contribution in [0.3, 0.4) is 0 Å². The minimum atomic E-state index is -0.162. The van der Waals surface area contributed by atoms with Gasteiger partial charge in [0.05, 0.1) is 18.3 Å². The summed E-state index contributed by atoms with van der Waals surface area (Å²) in [5, 5.41) is 0. The summed E-state index contributed by atoms with van der Waals surface area (Å²) in [6.45, 7) is 11.2. The summed E-state index contributed by atoms with van der Waals surface area (Å²) in [4.78, 5) is 12.3. The van der Waals surface area contributed by atoms with Crippen molar-refractivity contribution in [1.82, 2.24) is 0 Å². The number of carbonyl (C=O) groups excluding carboxylic acids is 1. The Labute approximate surface area is 139 Å². The first-order valence-electron chi connectivity index (χ1n) is 8.81. The summed E-state index contributed by atoms with van der Waals surface area (Å²) in [5.74, 6) is 0.773. The quantitative estimate of drug-likeness (QED) is 0.332. The average molecular weight is 316 g/mol. The van der Waals surface area contributed by atoms with Gasteiger partial charge in [-0.3, -0.25) is 0 Å². The van der Waals surface area contributed by atoms with E-state index in [0.717, 1.165) is 31.3 Å². The molecule has 0 unspecified atom stereocenters. The second kappa shape index (κ2) is 6.27. The summed E-state index contributed by atoms with van der Waals surface area (Å²) >= 11 is 0. The van der Waals surface area contributed by atoms with Crippen LogP contribution < -0.4 is 0 Å². The minimum absolute atomic E-state index is 0.00933. The molecule has 0 aromatic heterocycles. The van der Waals surface area contributed by atoms with Crippen LogP contribution in [0.15, 0.2) is 36.0 Å². The Morgan fingerprint density at radius 2 is 2.09 bits per heavy atom. The van der Waals surface area contributed by atoms with Gasteiger partial charge in [-0.05, 0) is 38.5 Å². The van der Waals surface area contributed by atoms with Crippen LogP contribution in [0.2, 0.25) is 0 Å². The van der Waals surface area contributed by atoms with Crippen LogP contribution in [0.5, 0.6) is 0 Å². The van der Waals surface area contributed by atoms with Gasteiger partial charge in [0, 0.05) is 17.4 Å². The molecule has 0 N–H and O–H groups in total. The van der Waals surface area contributed by atoms with E-state index in [4.69, 9.17) is 9.47 Å². The molecule has 0 amide bonds. The Balaban J connectivity index is 1.86. The lowest BCUT2D eigenvalue weighted by Gasteiger charge is -2.34. The zero-order chi connectivity index (χ0) is 16.6. The second-order valence-electron chi connectivity index (χ2n) is 7.72. The van der Waals surface area contributed by atoms with E-state index in [1.54, 1.807) is 0 Å². The number of esters is 1. The third kappa shape index (κ3) is 3.45. The van der Waals surface area contributed by atoms with Crippen molar-refractivity contribution in [3.05, 3.63) is 36.0 Å². The zero-order valence-corrected chi connectivity index (χ0v) is 14.5. The SMILES string of the molecule is C=C1CC[C@@H]2O[C@@]2(C)CC[C@@H]2/C(=C/C=C/C(C)C)C(=O)OC[C@@H]12. The number of rotatable bonds is 2. The van der Waals surface area contributed by atoms with Crippen molar-refractivity contribution < 1.29 is 14.3 Å². The van der Waals surface area contributed by atoms with Crippen molar-refractivity contribution in [2.75, 3.05) is 6.61 Å². The molecule has 0 spiro atoms. The Kier molecular flexibility index (Phi) is 4.50. The van der Waals surface area contributed by atoms with Crippen LogP contribution in [-0.4, -0.2) is 24.3 Å². The fourth-order valence-electron chi connectivity index (χ4n) is 3.88. The third-order valence-electron chi connectivity index (χ3n) is 5.53. The lowest BCUT2D eigenvalue weighted by atomic mass is 9.76. The van der Waals surface area contributed by atoms with E-state index in [9.17, 15) is 4.79 Å². The number of fused-ring (bicyclic) bond motifs is 2. The molecule has 3 fully saturated rings. The van der Waals surface area contributed by atoms with Gasteiger partial charge in [0.15, 0.2) is 0 Å². The molecule has 2 heterocycles. The topological polar surface area (TPSA) is 38.8 Å². The highest BCUT2D eigenvalue weighted by atomic mass is 16.6. The van der Waals surface area contributed by atoms with E-state index >= 15 is 0 Å². The number of carbonyl (C=O) groups is 1. The number of allylic oxidation sites excluding steroid dienone is 3. The molecule has 3 nitrogen and oxygen atoms in total. The van der Waals surface area contributed by atoms with Gasteiger partial charge in [-0.15, -0.1) is 0 Å². The maximum atomic E-state index is 12.3. The third-order valence-corrected chi connectivity index (χ3v) is 5.53. The van der Waals surface area contributed by atoms with Crippen molar-refractivity contribution in [2.24, 2.45) is 17.8 Å². The first-order valence-corrected chi connectivity index (χ1v) is 8.81. The number of hydrogen-bond donors (Lipinski definition) is 0. The standard InChI is InChI=1S/C20H28O3/c1-13(2)6-5-7-16-15-10-11-20(4)18(23-20)9-8-14(3)17(15)12-22-19(16)21/h5-7,13,15,17-18H,3,8-12H2,1-2,4H3/b6-5+,16-7-/t15-,17+,18+,20+/m1/s1. The van der Waals surface area contributed by atoms with Crippen LogP contribution in [-0.2, 0) is 14.3 Å². The van der Waals surface area contributed by atoms with Gasteiger partial charge < -0.3 is 9.47 Å². The monoisotopic (exact) mass is 316 g/mol. The van der Waals surface area contributed by atoms with Gasteiger partial charge in [-0.2, -0.15) is 0 Å². The lowest BCUT2D eigenvalue weighted by molar-refractivity contribution is -0.144. The van der Waals surface area contributed by atoms with Crippen molar-refractivity contribution in [3.63, 3.8) is 0 Å². The van der Waals surface area contributed by atoms with Crippen LogP contribution in [0, 0.1) is 17.8 Å². The Bertz CT molecular complexity index is 557. The Morgan fingerprint density at radius 1 is 1.30 bits per heavy atom. The molecule has 2 aliphatic heterocycles. The molecule has 1 saturated carbocycles. The summed E-state index contributed by atoms with van der Waals surface area (Å²) in [7, 11) is 0. The Morgan fingerprint density at radius 3 is 2.83 bits per heavy atom. The highest BCUT2D eigenvalue weighted by Crippen LogP contribution is 2.49. The molecule has 0 aromatic rings. The smallest absolute Gasteiger partial charge is 0.334 e. The number of ether oxygens (including phenoxy) is 2. The molecule has 23 heavy (non-hydrogen) atoms. The normalized spacial score (nSPS) is 39.5. The molecule has 1 aliphatic carbocycles. The molecule has 0 radical (unpaired) electrons. The zero-order valence-electron chi connectivity index (χ0n) is 14.5. The average Bonchev–Trinajstić information content (AvgIpc) is 3.14. The van der Waals surface area contributed by atoms with Gasteiger partial charge in [0.2, 0.25) is 0 Å². The first kappa shape index (κ1) is 16.5. The van der Waals surface area contributed by atoms with Crippen molar-refractivity contribution in [1.29, 1.82) is 0 Å². The molecule has 0 aromatic carbocycles. The maximum Gasteiger partial charge on any atom is 0.334 e. The van der Waals surface area contributed by atoms with Crippen LogP contribution in [0.4, 0.5) is 0 Å². The summed E-state index contributed by atoms with van der Waals surface area (Å²) in [5.41, 5.74) is 2.03. The predicted octanol–water partition coefficient (Wildman–Crippen LogP) is 4.20.